The largest absolute Gasteiger partial charge is 0.327 e. The van der Waals surface area contributed by atoms with Crippen LogP contribution in [0.1, 0.15) is 39.7 Å². The molecule has 0 aliphatic heterocycles. The van der Waals surface area contributed by atoms with Gasteiger partial charge >= 0.3 is 0 Å². The summed E-state index contributed by atoms with van der Waals surface area (Å²) in [5.74, 6) is 0. The molecule has 0 saturated heterocycles. The van der Waals surface area contributed by atoms with Gasteiger partial charge in [0.15, 0.2) is 0 Å². The van der Waals surface area contributed by atoms with Gasteiger partial charge in [-0.25, -0.2) is 9.97 Å². The van der Waals surface area contributed by atoms with Gasteiger partial charge in [0.25, 0.3) is 0 Å². The molecule has 0 atom stereocenters. The topological polar surface area (TPSA) is 30.7 Å². The summed E-state index contributed by atoms with van der Waals surface area (Å²) in [6.45, 7) is 8.87. The molecule has 0 radical (unpaired) electrons. The number of aryl methyl sites for hydroxylation is 1. The van der Waals surface area contributed by atoms with Crippen LogP contribution in [-0.2, 0) is 12.0 Å². The van der Waals surface area contributed by atoms with Gasteiger partial charge in [0.2, 0.25) is 0 Å². The lowest BCUT2D eigenvalue weighted by Crippen LogP contribution is -2.24. The van der Waals surface area contributed by atoms with Crippen molar-refractivity contribution in [2.75, 3.05) is 0 Å². The van der Waals surface area contributed by atoms with Crippen LogP contribution in [0.25, 0.3) is 11.0 Å². The summed E-state index contributed by atoms with van der Waals surface area (Å²) in [5.41, 5.74) is 2.50. The highest BCUT2D eigenvalue weighted by atomic mass is 15.1. The molecule has 0 aliphatic carbocycles. The molecular weight excluding hydrogens is 198 g/mol. The van der Waals surface area contributed by atoms with Crippen molar-refractivity contribution in [3.63, 3.8) is 0 Å². The van der Waals surface area contributed by atoms with Gasteiger partial charge in [-0.05, 0) is 32.3 Å². The monoisotopic (exact) mass is 217 g/mol. The quantitative estimate of drug-likeness (QED) is 0.790. The third kappa shape index (κ3) is 1.60. The number of hydrogen-bond acceptors (Lipinski definition) is 2. The van der Waals surface area contributed by atoms with E-state index in [0.29, 0.717) is 0 Å². The fraction of sp³-hybridized carbons (Fsp3) is 0.538. The molecule has 0 aliphatic rings. The van der Waals surface area contributed by atoms with Crippen molar-refractivity contribution in [1.82, 2.24) is 14.5 Å². The molecular formula is C13H19N3. The van der Waals surface area contributed by atoms with Gasteiger partial charge in [-0.1, -0.05) is 13.8 Å². The van der Waals surface area contributed by atoms with Gasteiger partial charge in [-0.3, -0.25) is 0 Å². The molecule has 3 nitrogen and oxygen atoms in total. The summed E-state index contributed by atoms with van der Waals surface area (Å²) in [6.07, 6.45) is 7.89. The van der Waals surface area contributed by atoms with Gasteiger partial charge in [0, 0.05) is 23.3 Å². The summed E-state index contributed by atoms with van der Waals surface area (Å²) in [6, 6.07) is 0. The second kappa shape index (κ2) is 3.89. The number of nitrogens with zero attached hydrogens (tertiary/aromatic N) is 3. The third-order valence-corrected chi connectivity index (χ3v) is 3.45. The van der Waals surface area contributed by atoms with E-state index in [1.54, 1.807) is 6.33 Å². The van der Waals surface area contributed by atoms with Crippen molar-refractivity contribution in [1.29, 1.82) is 0 Å². The Kier molecular flexibility index (Phi) is 2.70. The Bertz CT molecular complexity index is 497. The first kappa shape index (κ1) is 11.1. The van der Waals surface area contributed by atoms with Crippen LogP contribution in [0.4, 0.5) is 0 Å². The minimum Gasteiger partial charge on any atom is -0.327 e. The van der Waals surface area contributed by atoms with Gasteiger partial charge in [-0.2, -0.15) is 0 Å². The molecule has 0 unspecified atom stereocenters. The number of rotatable bonds is 3. The molecule has 0 saturated carbocycles. The van der Waals surface area contributed by atoms with E-state index in [-0.39, 0.29) is 5.54 Å². The molecule has 2 rings (SSSR count). The zero-order valence-electron chi connectivity index (χ0n) is 10.5. The van der Waals surface area contributed by atoms with E-state index in [9.17, 15) is 0 Å². The average Bonchev–Trinajstić information content (AvgIpc) is 2.68. The Morgan fingerprint density at radius 1 is 1.31 bits per heavy atom. The van der Waals surface area contributed by atoms with E-state index in [1.807, 2.05) is 6.20 Å². The number of hydrogen-bond donors (Lipinski definition) is 0. The van der Waals surface area contributed by atoms with Crippen LogP contribution in [0, 0.1) is 0 Å². The maximum atomic E-state index is 4.42. The van der Waals surface area contributed by atoms with E-state index in [4.69, 9.17) is 0 Å². The fourth-order valence-corrected chi connectivity index (χ4v) is 1.94. The molecule has 0 bridgehead atoms. The number of fused-ring (bicyclic) bond motifs is 1. The van der Waals surface area contributed by atoms with Crippen LogP contribution in [0.2, 0.25) is 0 Å². The second-order valence-corrected chi connectivity index (χ2v) is 4.80. The molecule has 0 amide bonds. The Hall–Kier alpha value is -1.38. The normalized spacial score (nSPS) is 12.2. The van der Waals surface area contributed by atoms with Crippen molar-refractivity contribution >= 4 is 11.0 Å². The molecule has 86 valence electrons. The second-order valence-electron chi connectivity index (χ2n) is 4.80. The van der Waals surface area contributed by atoms with Gasteiger partial charge in [0.1, 0.15) is 12.0 Å². The SMILES string of the molecule is CCc1cn(C(C)(C)CC)c2ncncc12. The van der Waals surface area contributed by atoms with Crippen LogP contribution < -0.4 is 0 Å². The van der Waals surface area contributed by atoms with Crippen molar-refractivity contribution in [3.8, 4) is 0 Å². The van der Waals surface area contributed by atoms with Gasteiger partial charge in [-0.15, -0.1) is 0 Å². The Balaban J connectivity index is 2.71. The van der Waals surface area contributed by atoms with E-state index in [1.165, 1.54) is 10.9 Å². The lowest BCUT2D eigenvalue weighted by atomic mass is 10.0. The first-order valence-electron chi connectivity index (χ1n) is 5.90. The summed E-state index contributed by atoms with van der Waals surface area (Å²) < 4.78 is 2.28. The van der Waals surface area contributed by atoms with Crippen LogP contribution in [0.5, 0.6) is 0 Å². The van der Waals surface area contributed by atoms with E-state index in [0.717, 1.165) is 18.5 Å². The minimum atomic E-state index is 0.111. The van der Waals surface area contributed by atoms with Gasteiger partial charge < -0.3 is 4.57 Å². The number of aromatic nitrogens is 3. The summed E-state index contributed by atoms with van der Waals surface area (Å²) >= 11 is 0. The Morgan fingerprint density at radius 2 is 2.06 bits per heavy atom. The molecule has 2 heterocycles. The maximum absolute atomic E-state index is 4.42. The minimum absolute atomic E-state index is 0.111. The highest BCUT2D eigenvalue weighted by molar-refractivity contribution is 5.79. The summed E-state index contributed by atoms with van der Waals surface area (Å²) in [4.78, 5) is 8.53. The molecule has 3 heteroatoms. The van der Waals surface area contributed by atoms with E-state index < -0.39 is 0 Å². The molecule has 16 heavy (non-hydrogen) atoms. The van der Waals surface area contributed by atoms with Crippen LogP contribution >= 0.6 is 0 Å². The molecule has 0 N–H and O–H groups in total. The van der Waals surface area contributed by atoms with Crippen LogP contribution in [0.3, 0.4) is 0 Å². The maximum Gasteiger partial charge on any atom is 0.144 e. The highest BCUT2D eigenvalue weighted by Crippen LogP contribution is 2.28. The van der Waals surface area contributed by atoms with Crippen molar-refractivity contribution < 1.29 is 0 Å². The molecule has 0 spiro atoms. The smallest absolute Gasteiger partial charge is 0.144 e. The first-order chi connectivity index (χ1) is 7.60. The van der Waals surface area contributed by atoms with E-state index in [2.05, 4.69) is 48.4 Å². The Morgan fingerprint density at radius 3 is 2.69 bits per heavy atom. The lowest BCUT2D eigenvalue weighted by Gasteiger charge is -2.25. The predicted molar refractivity (Wildman–Crippen MR) is 66.5 cm³/mol. The lowest BCUT2D eigenvalue weighted by molar-refractivity contribution is 0.351. The van der Waals surface area contributed by atoms with Crippen LogP contribution in [-0.4, -0.2) is 14.5 Å². The molecule has 0 fully saturated rings. The fourth-order valence-electron chi connectivity index (χ4n) is 1.94. The third-order valence-electron chi connectivity index (χ3n) is 3.45. The Labute approximate surface area is 96.5 Å². The van der Waals surface area contributed by atoms with Crippen molar-refractivity contribution in [2.45, 2.75) is 46.1 Å². The summed E-state index contributed by atoms with van der Waals surface area (Å²) in [7, 11) is 0. The highest BCUT2D eigenvalue weighted by Gasteiger charge is 2.21. The van der Waals surface area contributed by atoms with Crippen molar-refractivity contribution in [2.24, 2.45) is 0 Å². The predicted octanol–water partition coefficient (Wildman–Crippen LogP) is 3.14. The molecule has 2 aromatic heterocycles. The summed E-state index contributed by atoms with van der Waals surface area (Å²) in [5, 5.41) is 1.19. The standard InChI is InChI=1S/C13H19N3/c1-5-10-8-16(13(3,4)6-2)12-11(10)7-14-9-15-12/h7-9H,5-6H2,1-4H3. The molecule has 0 aromatic carbocycles. The zero-order chi connectivity index (χ0) is 11.8. The zero-order valence-corrected chi connectivity index (χ0v) is 10.5. The van der Waals surface area contributed by atoms with E-state index >= 15 is 0 Å². The van der Waals surface area contributed by atoms with Gasteiger partial charge in [0.05, 0.1) is 0 Å². The van der Waals surface area contributed by atoms with Crippen LogP contribution in [0.15, 0.2) is 18.7 Å². The average molecular weight is 217 g/mol. The van der Waals surface area contributed by atoms with Crippen molar-refractivity contribution in [3.05, 3.63) is 24.3 Å². The molecule has 2 aromatic rings. The first-order valence-corrected chi connectivity index (χ1v) is 5.90.